The lowest BCUT2D eigenvalue weighted by atomic mass is 10.4. The highest BCUT2D eigenvalue weighted by molar-refractivity contribution is 7.86. The largest absolute Gasteiger partial charge is 0.481 e. The number of aliphatic carboxylic acids is 1. The summed E-state index contributed by atoms with van der Waals surface area (Å²) < 4.78 is 26.9. The van der Waals surface area contributed by atoms with Crippen LogP contribution in [-0.2, 0) is 15.0 Å². The molecule has 1 saturated heterocycles. The first-order valence-corrected chi connectivity index (χ1v) is 7.35. The monoisotopic (exact) mass is 279 g/mol. The van der Waals surface area contributed by atoms with Crippen LogP contribution in [0.1, 0.15) is 12.8 Å². The number of hydrogen-bond acceptors (Lipinski definition) is 4. The molecule has 0 aliphatic carbocycles. The second-order valence-electron chi connectivity index (χ2n) is 4.53. The molecule has 106 valence electrons. The van der Waals surface area contributed by atoms with Crippen molar-refractivity contribution in [2.75, 3.05) is 46.8 Å². The average molecular weight is 279 g/mol. The minimum Gasteiger partial charge on any atom is -0.481 e. The molecule has 0 amide bonds. The zero-order chi connectivity index (χ0) is 13.8. The van der Waals surface area contributed by atoms with Crippen molar-refractivity contribution in [2.24, 2.45) is 0 Å². The van der Waals surface area contributed by atoms with E-state index >= 15 is 0 Å². The van der Waals surface area contributed by atoms with Gasteiger partial charge in [-0.15, -0.1) is 0 Å². The molecule has 0 saturated carbocycles. The van der Waals surface area contributed by atoms with Crippen molar-refractivity contribution >= 4 is 16.2 Å². The van der Waals surface area contributed by atoms with E-state index in [9.17, 15) is 13.2 Å². The van der Waals surface area contributed by atoms with Gasteiger partial charge < -0.3 is 10.0 Å². The third kappa shape index (κ3) is 4.20. The first-order valence-electron chi connectivity index (χ1n) is 5.96. The van der Waals surface area contributed by atoms with E-state index in [1.165, 1.54) is 11.4 Å². The average Bonchev–Trinajstić information content (AvgIpc) is 2.50. The van der Waals surface area contributed by atoms with E-state index in [-0.39, 0.29) is 13.0 Å². The molecule has 1 N–H and O–H groups in total. The minimum absolute atomic E-state index is 0.00397. The van der Waals surface area contributed by atoms with Crippen LogP contribution in [0.15, 0.2) is 0 Å². The molecule has 0 bridgehead atoms. The number of carboxylic acid groups (broad SMARTS) is 1. The fourth-order valence-corrected chi connectivity index (χ4v) is 3.21. The van der Waals surface area contributed by atoms with Gasteiger partial charge in [0.2, 0.25) is 0 Å². The molecule has 0 unspecified atom stereocenters. The van der Waals surface area contributed by atoms with Crippen molar-refractivity contribution < 1.29 is 18.3 Å². The Bertz CT molecular complexity index is 385. The Kier molecular flexibility index (Phi) is 5.51. The summed E-state index contributed by atoms with van der Waals surface area (Å²) in [6.07, 6.45) is 0.617. The van der Waals surface area contributed by atoms with Crippen molar-refractivity contribution in [2.45, 2.75) is 12.8 Å². The molecule has 1 aliphatic rings. The second-order valence-corrected chi connectivity index (χ2v) is 6.56. The predicted molar refractivity (Wildman–Crippen MR) is 67.5 cm³/mol. The van der Waals surface area contributed by atoms with Crippen LogP contribution >= 0.6 is 0 Å². The van der Waals surface area contributed by atoms with E-state index < -0.39 is 16.2 Å². The van der Waals surface area contributed by atoms with Gasteiger partial charge in [-0.05, 0) is 20.0 Å². The highest BCUT2D eigenvalue weighted by atomic mass is 32.2. The topological polar surface area (TPSA) is 81.2 Å². The van der Waals surface area contributed by atoms with Crippen molar-refractivity contribution in [1.29, 1.82) is 0 Å². The summed E-state index contributed by atoms with van der Waals surface area (Å²) >= 11 is 0. The van der Waals surface area contributed by atoms with Gasteiger partial charge in [0, 0.05) is 33.2 Å². The minimum atomic E-state index is -3.53. The first kappa shape index (κ1) is 15.4. The number of likely N-dealkylation sites (N-methyl/N-ethyl adjacent to an activating group) is 1. The molecule has 0 aromatic carbocycles. The van der Waals surface area contributed by atoms with Crippen molar-refractivity contribution in [3.63, 3.8) is 0 Å². The lowest BCUT2D eigenvalue weighted by molar-refractivity contribution is -0.137. The number of rotatable bonds is 5. The van der Waals surface area contributed by atoms with Crippen molar-refractivity contribution in [1.82, 2.24) is 13.5 Å². The molecule has 0 aromatic heterocycles. The summed E-state index contributed by atoms with van der Waals surface area (Å²) in [4.78, 5) is 12.6. The molecule has 0 aromatic rings. The summed E-state index contributed by atoms with van der Waals surface area (Å²) in [5.41, 5.74) is 0. The van der Waals surface area contributed by atoms with E-state index in [0.717, 1.165) is 17.3 Å². The lowest BCUT2D eigenvalue weighted by Crippen LogP contribution is -2.44. The highest BCUT2D eigenvalue weighted by Gasteiger charge is 2.28. The van der Waals surface area contributed by atoms with Crippen LogP contribution in [0, 0.1) is 0 Å². The van der Waals surface area contributed by atoms with Gasteiger partial charge in [0.15, 0.2) is 0 Å². The van der Waals surface area contributed by atoms with Crippen LogP contribution in [-0.4, -0.2) is 79.8 Å². The van der Waals surface area contributed by atoms with Crippen LogP contribution in [0.25, 0.3) is 0 Å². The van der Waals surface area contributed by atoms with Gasteiger partial charge in [-0.1, -0.05) is 0 Å². The van der Waals surface area contributed by atoms with E-state index in [2.05, 4.69) is 4.90 Å². The molecular weight excluding hydrogens is 258 g/mol. The molecule has 1 aliphatic heterocycles. The molecule has 1 rings (SSSR count). The quantitative estimate of drug-likeness (QED) is 0.718. The fourth-order valence-electron chi connectivity index (χ4n) is 1.82. The van der Waals surface area contributed by atoms with Gasteiger partial charge in [-0.3, -0.25) is 4.79 Å². The Hall–Kier alpha value is -0.700. The highest BCUT2D eigenvalue weighted by Crippen LogP contribution is 2.10. The van der Waals surface area contributed by atoms with E-state index in [1.807, 2.05) is 7.05 Å². The van der Waals surface area contributed by atoms with Gasteiger partial charge in [0.05, 0.1) is 6.42 Å². The van der Waals surface area contributed by atoms with Crippen LogP contribution in [0.2, 0.25) is 0 Å². The fraction of sp³-hybridized carbons (Fsp3) is 0.900. The van der Waals surface area contributed by atoms with E-state index in [4.69, 9.17) is 5.11 Å². The maximum Gasteiger partial charge on any atom is 0.304 e. The summed E-state index contributed by atoms with van der Waals surface area (Å²) in [5, 5.41) is 8.58. The Morgan fingerprint density at radius 1 is 1.28 bits per heavy atom. The maximum absolute atomic E-state index is 12.2. The molecule has 18 heavy (non-hydrogen) atoms. The zero-order valence-corrected chi connectivity index (χ0v) is 11.7. The van der Waals surface area contributed by atoms with E-state index in [0.29, 0.717) is 19.6 Å². The molecule has 1 heterocycles. The summed E-state index contributed by atoms with van der Waals surface area (Å²) in [6.45, 7) is 2.53. The zero-order valence-electron chi connectivity index (χ0n) is 10.9. The van der Waals surface area contributed by atoms with Crippen LogP contribution in [0.5, 0.6) is 0 Å². The van der Waals surface area contributed by atoms with Gasteiger partial charge in [0.1, 0.15) is 0 Å². The number of carbonyl (C=O) groups is 1. The Morgan fingerprint density at radius 2 is 1.94 bits per heavy atom. The Balaban J connectivity index is 2.63. The second kappa shape index (κ2) is 6.46. The molecule has 0 atom stereocenters. The summed E-state index contributed by atoms with van der Waals surface area (Å²) in [7, 11) is -0.142. The number of hydrogen-bond donors (Lipinski definition) is 1. The van der Waals surface area contributed by atoms with Crippen LogP contribution in [0.4, 0.5) is 0 Å². The predicted octanol–water partition coefficient (Wildman–Crippen LogP) is -0.725. The Morgan fingerprint density at radius 3 is 2.56 bits per heavy atom. The molecule has 7 nitrogen and oxygen atoms in total. The molecule has 1 fully saturated rings. The molecule has 8 heteroatoms. The smallest absolute Gasteiger partial charge is 0.304 e. The normalized spacial score (nSPS) is 19.9. The molecular formula is C10H21N3O4S. The summed E-state index contributed by atoms with van der Waals surface area (Å²) in [5.74, 6) is -0.993. The van der Waals surface area contributed by atoms with Crippen molar-refractivity contribution in [3.05, 3.63) is 0 Å². The Labute approximate surface area is 108 Å². The number of carboxylic acids is 1. The third-order valence-electron chi connectivity index (χ3n) is 3.04. The lowest BCUT2D eigenvalue weighted by Gasteiger charge is -2.26. The summed E-state index contributed by atoms with van der Waals surface area (Å²) in [6, 6.07) is 0. The first-order chi connectivity index (χ1) is 8.34. The molecule has 0 radical (unpaired) electrons. The van der Waals surface area contributed by atoms with Gasteiger partial charge in [-0.2, -0.15) is 17.0 Å². The standard InChI is InChI=1S/C10H21N3O4S/c1-11-5-3-6-13(9-8-11)18(16,17)12(2)7-4-10(14)15/h3-9H2,1-2H3,(H,14,15). The maximum atomic E-state index is 12.2. The molecule has 0 spiro atoms. The van der Waals surface area contributed by atoms with E-state index in [1.54, 1.807) is 0 Å². The third-order valence-corrected chi connectivity index (χ3v) is 5.03. The van der Waals surface area contributed by atoms with Gasteiger partial charge in [0.25, 0.3) is 10.2 Å². The van der Waals surface area contributed by atoms with Gasteiger partial charge >= 0.3 is 5.97 Å². The number of nitrogens with zero attached hydrogens (tertiary/aromatic N) is 3. The van der Waals surface area contributed by atoms with Crippen LogP contribution < -0.4 is 0 Å². The van der Waals surface area contributed by atoms with Crippen LogP contribution in [0.3, 0.4) is 0 Å². The van der Waals surface area contributed by atoms with Gasteiger partial charge in [-0.25, -0.2) is 0 Å². The SMILES string of the molecule is CN1CCCN(S(=O)(=O)N(C)CCC(=O)O)CC1. The van der Waals surface area contributed by atoms with Crippen molar-refractivity contribution in [3.8, 4) is 0 Å².